The summed E-state index contributed by atoms with van der Waals surface area (Å²) < 4.78 is 5.26. The van der Waals surface area contributed by atoms with Gasteiger partial charge in [0.15, 0.2) is 0 Å². The zero-order valence-electron chi connectivity index (χ0n) is 13.1. The molecule has 2 atom stereocenters. The molecule has 5 heteroatoms. The molecule has 0 aromatic heterocycles. The van der Waals surface area contributed by atoms with E-state index >= 15 is 0 Å². The lowest BCUT2D eigenvalue weighted by atomic mass is 10.1. The van der Waals surface area contributed by atoms with E-state index in [9.17, 15) is 9.59 Å². The van der Waals surface area contributed by atoms with Gasteiger partial charge in [-0.15, -0.1) is 0 Å². The minimum Gasteiger partial charge on any atom is -0.378 e. The molecule has 1 aromatic rings. The second-order valence-corrected chi connectivity index (χ2v) is 6.14. The summed E-state index contributed by atoms with van der Waals surface area (Å²) in [4.78, 5) is 26.5. The summed E-state index contributed by atoms with van der Waals surface area (Å²) in [5.74, 6) is -0.272. The Balaban J connectivity index is 1.60. The summed E-state index contributed by atoms with van der Waals surface area (Å²) in [5, 5.41) is 2.99. The molecular formula is C17H22N2O3. The number of hydrogen-bond donors (Lipinski definition) is 1. The Kier molecular flexibility index (Phi) is 4.16. The van der Waals surface area contributed by atoms with E-state index < -0.39 is 0 Å². The molecular weight excluding hydrogens is 280 g/mol. The van der Waals surface area contributed by atoms with Crippen LogP contribution in [0.3, 0.4) is 0 Å². The number of aryl methyl sites for hydroxylation is 2. The first-order valence-electron chi connectivity index (χ1n) is 7.81. The second-order valence-electron chi connectivity index (χ2n) is 6.14. The van der Waals surface area contributed by atoms with E-state index in [-0.39, 0.29) is 23.7 Å². The molecule has 1 aliphatic carbocycles. The van der Waals surface area contributed by atoms with Crippen LogP contribution in [-0.2, 0) is 14.3 Å². The summed E-state index contributed by atoms with van der Waals surface area (Å²) in [6, 6.07) is 5.93. The molecule has 1 heterocycles. The molecule has 3 rings (SSSR count). The zero-order chi connectivity index (χ0) is 15.7. The van der Waals surface area contributed by atoms with Gasteiger partial charge in [-0.1, -0.05) is 18.2 Å². The third-order valence-electron chi connectivity index (χ3n) is 4.50. The molecule has 1 aliphatic heterocycles. The summed E-state index contributed by atoms with van der Waals surface area (Å²) in [6.07, 6.45) is 0.660. The molecule has 2 aliphatic rings. The number of amides is 2. The number of ether oxygens (including phenoxy) is 1. The van der Waals surface area contributed by atoms with E-state index in [1.54, 1.807) is 0 Å². The maximum absolute atomic E-state index is 12.4. The fraction of sp³-hybridized carbons (Fsp3) is 0.529. The van der Waals surface area contributed by atoms with E-state index in [0.29, 0.717) is 32.7 Å². The van der Waals surface area contributed by atoms with E-state index in [4.69, 9.17) is 4.74 Å². The maximum atomic E-state index is 12.4. The van der Waals surface area contributed by atoms with Crippen LogP contribution in [-0.4, -0.2) is 43.0 Å². The number of hydrogen-bond acceptors (Lipinski definition) is 3. The highest BCUT2D eigenvalue weighted by Crippen LogP contribution is 2.41. The average molecular weight is 302 g/mol. The van der Waals surface area contributed by atoms with Crippen LogP contribution in [0.4, 0.5) is 5.69 Å². The van der Waals surface area contributed by atoms with E-state index in [2.05, 4.69) is 5.32 Å². The number of para-hydroxylation sites is 1. The van der Waals surface area contributed by atoms with Crippen LogP contribution < -0.4 is 5.32 Å². The quantitative estimate of drug-likeness (QED) is 0.925. The SMILES string of the molecule is Cc1cccc(C)c1NC(=O)C1CC1C(=O)N1CCOCC1. The zero-order valence-corrected chi connectivity index (χ0v) is 13.1. The van der Waals surface area contributed by atoms with Gasteiger partial charge in [-0.25, -0.2) is 0 Å². The minimum absolute atomic E-state index is 0.0380. The molecule has 5 nitrogen and oxygen atoms in total. The highest BCUT2D eigenvalue weighted by Gasteiger charge is 2.49. The van der Waals surface area contributed by atoms with Crippen molar-refractivity contribution in [3.8, 4) is 0 Å². The van der Waals surface area contributed by atoms with Gasteiger partial charge in [0.25, 0.3) is 0 Å². The molecule has 1 saturated carbocycles. The number of nitrogens with one attached hydrogen (secondary N) is 1. The first kappa shape index (κ1) is 15.0. The van der Waals surface area contributed by atoms with Gasteiger partial charge in [-0.2, -0.15) is 0 Å². The molecule has 2 fully saturated rings. The van der Waals surface area contributed by atoms with Gasteiger partial charge < -0.3 is 15.0 Å². The molecule has 1 aromatic carbocycles. The van der Waals surface area contributed by atoms with Crippen LogP contribution in [0.2, 0.25) is 0 Å². The topological polar surface area (TPSA) is 58.6 Å². The number of benzene rings is 1. The van der Waals surface area contributed by atoms with Gasteiger partial charge in [0, 0.05) is 18.8 Å². The lowest BCUT2D eigenvalue weighted by Gasteiger charge is -2.27. The van der Waals surface area contributed by atoms with E-state index in [0.717, 1.165) is 16.8 Å². The van der Waals surface area contributed by atoms with Crippen molar-refractivity contribution in [3.63, 3.8) is 0 Å². The normalized spacial score (nSPS) is 24.0. The van der Waals surface area contributed by atoms with Crippen LogP contribution in [0.25, 0.3) is 0 Å². The molecule has 118 valence electrons. The van der Waals surface area contributed by atoms with Crippen LogP contribution >= 0.6 is 0 Å². The lowest BCUT2D eigenvalue weighted by Crippen LogP contribution is -2.42. The Morgan fingerprint density at radius 3 is 2.41 bits per heavy atom. The van der Waals surface area contributed by atoms with Crippen molar-refractivity contribution >= 4 is 17.5 Å². The Morgan fingerprint density at radius 1 is 1.14 bits per heavy atom. The summed E-state index contributed by atoms with van der Waals surface area (Å²) >= 11 is 0. The highest BCUT2D eigenvalue weighted by atomic mass is 16.5. The number of rotatable bonds is 3. The molecule has 22 heavy (non-hydrogen) atoms. The standard InChI is InChI=1S/C17H22N2O3/c1-11-4-3-5-12(2)15(11)18-16(20)13-10-14(13)17(21)19-6-8-22-9-7-19/h3-5,13-14H,6-10H2,1-2H3,(H,18,20). The van der Waals surface area contributed by atoms with Crippen molar-refractivity contribution in [3.05, 3.63) is 29.3 Å². The largest absolute Gasteiger partial charge is 0.378 e. The van der Waals surface area contributed by atoms with E-state index in [1.165, 1.54) is 0 Å². The lowest BCUT2D eigenvalue weighted by molar-refractivity contribution is -0.137. The number of anilines is 1. The molecule has 0 radical (unpaired) electrons. The molecule has 0 spiro atoms. The number of carbonyl (C=O) groups excluding carboxylic acids is 2. The minimum atomic E-state index is -0.186. The van der Waals surface area contributed by atoms with Gasteiger partial charge in [-0.05, 0) is 31.4 Å². The van der Waals surface area contributed by atoms with Crippen molar-refractivity contribution < 1.29 is 14.3 Å². The Bertz CT molecular complexity index is 573. The predicted octanol–water partition coefficient (Wildman–Crippen LogP) is 1.74. The Hall–Kier alpha value is -1.88. The third kappa shape index (κ3) is 2.99. The number of carbonyl (C=O) groups is 2. The van der Waals surface area contributed by atoms with Crippen LogP contribution in [0.15, 0.2) is 18.2 Å². The summed E-state index contributed by atoms with van der Waals surface area (Å²) in [5.41, 5.74) is 2.96. The predicted molar refractivity (Wildman–Crippen MR) is 83.5 cm³/mol. The van der Waals surface area contributed by atoms with Crippen molar-refractivity contribution in [2.45, 2.75) is 20.3 Å². The van der Waals surface area contributed by atoms with Crippen molar-refractivity contribution in [2.75, 3.05) is 31.6 Å². The fourth-order valence-electron chi connectivity index (χ4n) is 3.00. The molecule has 0 bridgehead atoms. The summed E-state index contributed by atoms with van der Waals surface area (Å²) in [6.45, 7) is 6.42. The third-order valence-corrected chi connectivity index (χ3v) is 4.50. The second kappa shape index (κ2) is 6.08. The first-order chi connectivity index (χ1) is 10.6. The molecule has 1 N–H and O–H groups in total. The highest BCUT2D eigenvalue weighted by molar-refractivity contribution is 6.00. The van der Waals surface area contributed by atoms with E-state index in [1.807, 2.05) is 36.9 Å². The van der Waals surface area contributed by atoms with Gasteiger partial charge >= 0.3 is 0 Å². The Morgan fingerprint density at radius 2 is 1.77 bits per heavy atom. The Labute approximate surface area is 130 Å². The first-order valence-corrected chi connectivity index (χ1v) is 7.81. The number of nitrogens with zero attached hydrogens (tertiary/aromatic N) is 1. The van der Waals surface area contributed by atoms with Crippen LogP contribution in [0, 0.1) is 25.7 Å². The molecule has 2 unspecified atom stereocenters. The average Bonchev–Trinajstić information content (AvgIpc) is 3.32. The van der Waals surface area contributed by atoms with Crippen molar-refractivity contribution in [2.24, 2.45) is 11.8 Å². The maximum Gasteiger partial charge on any atom is 0.228 e. The number of morpholine rings is 1. The fourth-order valence-corrected chi connectivity index (χ4v) is 3.00. The smallest absolute Gasteiger partial charge is 0.228 e. The molecule has 1 saturated heterocycles. The summed E-state index contributed by atoms with van der Waals surface area (Å²) in [7, 11) is 0. The van der Waals surface area contributed by atoms with Gasteiger partial charge in [-0.3, -0.25) is 9.59 Å². The van der Waals surface area contributed by atoms with Crippen molar-refractivity contribution in [1.82, 2.24) is 4.90 Å². The van der Waals surface area contributed by atoms with Crippen LogP contribution in [0.1, 0.15) is 17.5 Å². The van der Waals surface area contributed by atoms with Gasteiger partial charge in [0.2, 0.25) is 11.8 Å². The van der Waals surface area contributed by atoms with Crippen molar-refractivity contribution in [1.29, 1.82) is 0 Å². The van der Waals surface area contributed by atoms with Gasteiger partial charge in [0.05, 0.1) is 25.0 Å². The monoisotopic (exact) mass is 302 g/mol. The van der Waals surface area contributed by atoms with Crippen LogP contribution in [0.5, 0.6) is 0 Å². The van der Waals surface area contributed by atoms with Gasteiger partial charge in [0.1, 0.15) is 0 Å². The molecule has 2 amide bonds.